The first-order chi connectivity index (χ1) is 11.7. The molecule has 0 atom stereocenters. The van der Waals surface area contributed by atoms with E-state index >= 15 is 0 Å². The average Bonchev–Trinajstić information content (AvgIpc) is 2.61. The minimum Gasteiger partial charge on any atom is -0.494 e. The molecule has 0 saturated heterocycles. The normalized spacial score (nSPS) is 10.0. The van der Waals surface area contributed by atoms with Gasteiger partial charge in [0.05, 0.1) is 13.0 Å². The van der Waals surface area contributed by atoms with Crippen LogP contribution >= 0.6 is 0 Å². The molecule has 1 aromatic heterocycles. The topological polar surface area (TPSA) is 80.3 Å². The van der Waals surface area contributed by atoms with Crippen molar-refractivity contribution in [1.29, 1.82) is 0 Å². The van der Waals surface area contributed by atoms with Crippen LogP contribution in [0, 0.1) is 0 Å². The van der Waals surface area contributed by atoms with Gasteiger partial charge in [-0.25, -0.2) is 0 Å². The Kier molecular flexibility index (Phi) is 6.76. The SMILES string of the molecule is CCOc1ccc(CC(=O)NCCNC(=O)c2ccccn2)cc1. The first-order valence-electron chi connectivity index (χ1n) is 7.86. The van der Waals surface area contributed by atoms with Gasteiger partial charge in [-0.2, -0.15) is 0 Å². The van der Waals surface area contributed by atoms with Gasteiger partial charge in [0.1, 0.15) is 11.4 Å². The fourth-order valence-electron chi connectivity index (χ4n) is 2.08. The second-order valence-electron chi connectivity index (χ2n) is 5.07. The van der Waals surface area contributed by atoms with Gasteiger partial charge in [-0.3, -0.25) is 14.6 Å². The maximum Gasteiger partial charge on any atom is 0.269 e. The van der Waals surface area contributed by atoms with Crippen molar-refractivity contribution >= 4 is 11.8 Å². The Balaban J connectivity index is 1.67. The molecule has 0 aliphatic carbocycles. The van der Waals surface area contributed by atoms with E-state index in [1.165, 1.54) is 0 Å². The molecule has 6 heteroatoms. The van der Waals surface area contributed by atoms with Gasteiger partial charge in [-0.05, 0) is 36.8 Å². The number of aromatic nitrogens is 1. The Morgan fingerprint density at radius 1 is 1.04 bits per heavy atom. The van der Waals surface area contributed by atoms with Crippen molar-refractivity contribution in [2.75, 3.05) is 19.7 Å². The van der Waals surface area contributed by atoms with Gasteiger partial charge in [0.25, 0.3) is 5.91 Å². The zero-order valence-corrected chi connectivity index (χ0v) is 13.6. The van der Waals surface area contributed by atoms with E-state index in [4.69, 9.17) is 4.74 Å². The Bertz CT molecular complexity index is 657. The highest BCUT2D eigenvalue weighted by Crippen LogP contribution is 2.12. The fourth-order valence-corrected chi connectivity index (χ4v) is 2.08. The molecular formula is C18H21N3O3. The summed E-state index contributed by atoms with van der Waals surface area (Å²) in [7, 11) is 0. The lowest BCUT2D eigenvalue weighted by molar-refractivity contribution is -0.120. The number of amides is 2. The van der Waals surface area contributed by atoms with Crippen molar-refractivity contribution in [2.24, 2.45) is 0 Å². The number of nitrogens with one attached hydrogen (secondary N) is 2. The Labute approximate surface area is 141 Å². The molecule has 0 aliphatic heterocycles. The molecule has 0 bridgehead atoms. The van der Waals surface area contributed by atoms with Crippen LogP contribution in [0.25, 0.3) is 0 Å². The van der Waals surface area contributed by atoms with Crippen molar-refractivity contribution in [2.45, 2.75) is 13.3 Å². The Morgan fingerprint density at radius 3 is 2.46 bits per heavy atom. The zero-order chi connectivity index (χ0) is 17.2. The van der Waals surface area contributed by atoms with E-state index in [0.29, 0.717) is 31.8 Å². The monoisotopic (exact) mass is 327 g/mol. The van der Waals surface area contributed by atoms with Crippen LogP contribution in [0.15, 0.2) is 48.7 Å². The number of nitrogens with zero attached hydrogens (tertiary/aromatic N) is 1. The molecule has 2 N–H and O–H groups in total. The predicted molar refractivity (Wildman–Crippen MR) is 90.9 cm³/mol. The molecule has 2 rings (SSSR count). The zero-order valence-electron chi connectivity index (χ0n) is 13.6. The molecule has 0 radical (unpaired) electrons. The smallest absolute Gasteiger partial charge is 0.269 e. The van der Waals surface area contributed by atoms with Crippen LogP contribution in [0.3, 0.4) is 0 Å². The maximum atomic E-state index is 11.9. The third kappa shape index (κ3) is 5.72. The van der Waals surface area contributed by atoms with E-state index in [0.717, 1.165) is 11.3 Å². The number of hydrogen-bond donors (Lipinski definition) is 2. The van der Waals surface area contributed by atoms with Crippen LogP contribution in [0.1, 0.15) is 23.0 Å². The van der Waals surface area contributed by atoms with Gasteiger partial charge >= 0.3 is 0 Å². The summed E-state index contributed by atoms with van der Waals surface area (Å²) < 4.78 is 5.36. The highest BCUT2D eigenvalue weighted by Gasteiger charge is 2.06. The van der Waals surface area contributed by atoms with Crippen LogP contribution in [-0.2, 0) is 11.2 Å². The number of pyridine rings is 1. The molecule has 24 heavy (non-hydrogen) atoms. The number of hydrogen-bond acceptors (Lipinski definition) is 4. The molecule has 0 fully saturated rings. The quantitative estimate of drug-likeness (QED) is 0.721. The van der Waals surface area contributed by atoms with E-state index in [1.807, 2.05) is 31.2 Å². The van der Waals surface area contributed by atoms with Crippen molar-refractivity contribution in [3.8, 4) is 5.75 Å². The van der Waals surface area contributed by atoms with Crippen LogP contribution in [0.4, 0.5) is 0 Å². The van der Waals surface area contributed by atoms with Crippen LogP contribution < -0.4 is 15.4 Å². The van der Waals surface area contributed by atoms with E-state index in [2.05, 4.69) is 15.6 Å². The fraction of sp³-hybridized carbons (Fsp3) is 0.278. The van der Waals surface area contributed by atoms with Gasteiger partial charge in [0.2, 0.25) is 5.91 Å². The minimum absolute atomic E-state index is 0.0914. The predicted octanol–water partition coefficient (Wildman–Crippen LogP) is 1.57. The maximum absolute atomic E-state index is 11.9. The third-order valence-electron chi connectivity index (χ3n) is 3.23. The van der Waals surface area contributed by atoms with Crippen molar-refractivity contribution in [3.05, 3.63) is 59.9 Å². The molecule has 0 spiro atoms. The Hall–Kier alpha value is -2.89. The summed E-state index contributed by atoms with van der Waals surface area (Å²) in [5.41, 5.74) is 1.27. The highest BCUT2D eigenvalue weighted by molar-refractivity contribution is 5.92. The molecule has 0 unspecified atom stereocenters. The van der Waals surface area contributed by atoms with E-state index < -0.39 is 0 Å². The summed E-state index contributed by atoms with van der Waals surface area (Å²) in [6, 6.07) is 12.6. The molecule has 2 amide bonds. The number of rotatable bonds is 8. The number of carbonyl (C=O) groups excluding carboxylic acids is 2. The third-order valence-corrected chi connectivity index (χ3v) is 3.23. The van der Waals surface area contributed by atoms with E-state index in [-0.39, 0.29) is 11.8 Å². The molecule has 126 valence electrons. The summed E-state index contributed by atoms with van der Waals surface area (Å²) in [4.78, 5) is 27.6. The van der Waals surface area contributed by atoms with Crippen LogP contribution in [0.2, 0.25) is 0 Å². The van der Waals surface area contributed by atoms with Crippen LogP contribution in [0.5, 0.6) is 5.75 Å². The average molecular weight is 327 g/mol. The second kappa shape index (κ2) is 9.29. The van der Waals surface area contributed by atoms with Gasteiger partial charge in [-0.1, -0.05) is 18.2 Å². The molecule has 1 aromatic carbocycles. The highest BCUT2D eigenvalue weighted by atomic mass is 16.5. The summed E-state index contributed by atoms with van der Waals surface area (Å²) in [5.74, 6) is 0.446. The number of carbonyl (C=O) groups is 2. The van der Waals surface area contributed by atoms with Crippen LogP contribution in [-0.4, -0.2) is 36.5 Å². The molecule has 2 aromatic rings. The largest absolute Gasteiger partial charge is 0.494 e. The van der Waals surface area contributed by atoms with Gasteiger partial charge in [0.15, 0.2) is 0 Å². The first-order valence-corrected chi connectivity index (χ1v) is 7.86. The lowest BCUT2D eigenvalue weighted by atomic mass is 10.1. The van der Waals surface area contributed by atoms with E-state index in [9.17, 15) is 9.59 Å². The van der Waals surface area contributed by atoms with Gasteiger partial charge in [0, 0.05) is 19.3 Å². The van der Waals surface area contributed by atoms with Crippen molar-refractivity contribution in [3.63, 3.8) is 0 Å². The standard InChI is InChI=1S/C18H21N3O3/c1-2-24-15-8-6-14(7-9-15)13-17(22)20-11-12-21-18(23)16-5-3-4-10-19-16/h3-10H,2,11-13H2,1H3,(H,20,22)(H,21,23). The molecular weight excluding hydrogens is 306 g/mol. The lowest BCUT2D eigenvalue weighted by Gasteiger charge is -2.08. The molecule has 1 heterocycles. The first kappa shape index (κ1) is 17.5. The molecule has 6 nitrogen and oxygen atoms in total. The Morgan fingerprint density at radius 2 is 1.79 bits per heavy atom. The summed E-state index contributed by atoms with van der Waals surface area (Å²) >= 11 is 0. The second-order valence-corrected chi connectivity index (χ2v) is 5.07. The number of ether oxygens (including phenoxy) is 1. The van der Waals surface area contributed by atoms with Gasteiger partial charge in [-0.15, -0.1) is 0 Å². The minimum atomic E-state index is -0.253. The van der Waals surface area contributed by atoms with Gasteiger partial charge < -0.3 is 15.4 Å². The number of benzene rings is 1. The van der Waals surface area contributed by atoms with E-state index in [1.54, 1.807) is 24.4 Å². The summed E-state index contributed by atoms with van der Waals surface area (Å²) in [5, 5.41) is 5.48. The van der Waals surface area contributed by atoms with Crippen molar-refractivity contribution in [1.82, 2.24) is 15.6 Å². The molecule has 0 aliphatic rings. The summed E-state index contributed by atoms with van der Waals surface area (Å²) in [6.45, 7) is 3.26. The lowest BCUT2D eigenvalue weighted by Crippen LogP contribution is -2.35. The molecule has 0 saturated carbocycles. The van der Waals surface area contributed by atoms with Crippen molar-refractivity contribution < 1.29 is 14.3 Å². The summed E-state index contributed by atoms with van der Waals surface area (Å²) in [6.07, 6.45) is 1.86.